The lowest BCUT2D eigenvalue weighted by Crippen LogP contribution is -2.56. The Labute approximate surface area is 95.7 Å². The molecule has 15 heavy (non-hydrogen) atoms. The van der Waals surface area contributed by atoms with Gasteiger partial charge in [0.2, 0.25) is 0 Å². The Bertz CT molecular complexity index is 199. The minimum atomic E-state index is 0.203. The molecule has 0 aliphatic carbocycles. The van der Waals surface area contributed by atoms with Gasteiger partial charge in [0.05, 0.1) is 0 Å². The highest BCUT2D eigenvalue weighted by molar-refractivity contribution is 5.02. The van der Waals surface area contributed by atoms with Crippen molar-refractivity contribution in [1.29, 1.82) is 0 Å². The fourth-order valence-electron chi connectivity index (χ4n) is 1.98. The van der Waals surface area contributed by atoms with Gasteiger partial charge in [0.25, 0.3) is 0 Å². The number of nitrogens with zero attached hydrogens (tertiary/aromatic N) is 1. The molecule has 0 radical (unpaired) electrons. The maximum absolute atomic E-state index is 4.03. The van der Waals surface area contributed by atoms with Crippen molar-refractivity contribution in [3.63, 3.8) is 0 Å². The van der Waals surface area contributed by atoms with Crippen LogP contribution in [0.5, 0.6) is 0 Å². The Hall–Kier alpha value is -0.340. The summed E-state index contributed by atoms with van der Waals surface area (Å²) in [5.41, 5.74) is 1.46. The van der Waals surface area contributed by atoms with E-state index in [0.717, 1.165) is 19.4 Å². The molecular weight excluding hydrogens is 184 g/mol. The summed E-state index contributed by atoms with van der Waals surface area (Å²) < 4.78 is 0. The van der Waals surface area contributed by atoms with E-state index in [1.807, 2.05) is 0 Å². The number of hydrogen-bond acceptors (Lipinski definition) is 2. The quantitative estimate of drug-likeness (QED) is 0.653. The van der Waals surface area contributed by atoms with Gasteiger partial charge in [-0.25, -0.2) is 0 Å². The smallest absolute Gasteiger partial charge is 0.0328 e. The van der Waals surface area contributed by atoms with Crippen molar-refractivity contribution in [1.82, 2.24) is 10.2 Å². The number of hydrogen-bond donors (Lipinski definition) is 1. The maximum atomic E-state index is 4.03. The molecule has 1 N–H and O–H groups in total. The van der Waals surface area contributed by atoms with Crippen molar-refractivity contribution in [3.8, 4) is 0 Å². The van der Waals surface area contributed by atoms with Gasteiger partial charge in [-0.3, -0.25) is 0 Å². The zero-order valence-corrected chi connectivity index (χ0v) is 11.4. The van der Waals surface area contributed by atoms with Gasteiger partial charge >= 0.3 is 0 Å². The maximum Gasteiger partial charge on any atom is 0.0328 e. The Balaban J connectivity index is 4.75. The standard InChI is InChI=1S/C13H28N2/c1-8-13(5,15(6)7)12(14-9-2)10-11(3)4/h12,14H,3,8-10H2,1-2,4-7H3. The fraction of sp³-hybridized carbons (Fsp3) is 0.846. The van der Waals surface area contributed by atoms with E-state index in [-0.39, 0.29) is 5.54 Å². The van der Waals surface area contributed by atoms with E-state index >= 15 is 0 Å². The monoisotopic (exact) mass is 212 g/mol. The van der Waals surface area contributed by atoms with Crippen molar-refractivity contribution in [2.24, 2.45) is 0 Å². The van der Waals surface area contributed by atoms with E-state index in [9.17, 15) is 0 Å². The molecule has 0 fully saturated rings. The lowest BCUT2D eigenvalue weighted by molar-refractivity contribution is 0.113. The van der Waals surface area contributed by atoms with Crippen LogP contribution in [0.2, 0.25) is 0 Å². The second kappa shape index (κ2) is 6.29. The van der Waals surface area contributed by atoms with Crippen LogP contribution in [-0.2, 0) is 0 Å². The predicted octanol–water partition coefficient (Wildman–Crippen LogP) is 2.66. The molecule has 0 spiro atoms. The van der Waals surface area contributed by atoms with Crippen LogP contribution >= 0.6 is 0 Å². The largest absolute Gasteiger partial charge is 0.312 e. The van der Waals surface area contributed by atoms with E-state index in [1.165, 1.54) is 5.57 Å². The highest BCUT2D eigenvalue weighted by Crippen LogP contribution is 2.25. The van der Waals surface area contributed by atoms with Gasteiger partial charge in [0, 0.05) is 11.6 Å². The molecule has 0 heterocycles. The highest BCUT2D eigenvalue weighted by atomic mass is 15.2. The Morgan fingerprint density at radius 2 is 1.93 bits per heavy atom. The first-order valence-electron chi connectivity index (χ1n) is 5.93. The van der Waals surface area contributed by atoms with Crippen LogP contribution in [0.1, 0.15) is 40.5 Å². The minimum absolute atomic E-state index is 0.203. The second-order valence-electron chi connectivity index (χ2n) is 4.88. The lowest BCUT2D eigenvalue weighted by atomic mass is 9.84. The molecule has 0 amide bonds. The van der Waals surface area contributed by atoms with Crippen molar-refractivity contribution < 1.29 is 0 Å². The van der Waals surface area contributed by atoms with Gasteiger partial charge in [0.1, 0.15) is 0 Å². The van der Waals surface area contributed by atoms with Crippen LogP contribution in [0, 0.1) is 0 Å². The van der Waals surface area contributed by atoms with Crippen molar-refractivity contribution in [3.05, 3.63) is 12.2 Å². The third kappa shape index (κ3) is 3.96. The summed E-state index contributed by atoms with van der Waals surface area (Å²) in [6, 6.07) is 0.486. The van der Waals surface area contributed by atoms with Crippen LogP contribution in [0.25, 0.3) is 0 Å². The van der Waals surface area contributed by atoms with Crippen molar-refractivity contribution >= 4 is 0 Å². The number of rotatable bonds is 7. The summed E-state index contributed by atoms with van der Waals surface area (Å²) >= 11 is 0. The van der Waals surface area contributed by atoms with Crippen LogP contribution in [0.4, 0.5) is 0 Å². The normalized spacial score (nSPS) is 17.5. The molecule has 90 valence electrons. The zero-order chi connectivity index (χ0) is 12.1. The number of likely N-dealkylation sites (N-methyl/N-ethyl adjacent to an activating group) is 2. The average Bonchev–Trinajstić information content (AvgIpc) is 2.15. The molecular formula is C13H28N2. The van der Waals surface area contributed by atoms with Gasteiger partial charge < -0.3 is 10.2 Å². The Kier molecular flexibility index (Phi) is 6.15. The SMILES string of the molecule is C=C(C)CC(NCC)C(C)(CC)N(C)C. The van der Waals surface area contributed by atoms with E-state index in [4.69, 9.17) is 0 Å². The van der Waals surface area contributed by atoms with Crippen molar-refractivity contribution in [2.45, 2.75) is 52.1 Å². The summed E-state index contributed by atoms with van der Waals surface area (Å²) in [5, 5.41) is 3.58. The molecule has 0 rings (SSSR count). The molecule has 2 heteroatoms. The molecule has 2 atom stereocenters. The van der Waals surface area contributed by atoms with Gasteiger partial charge in [-0.2, -0.15) is 0 Å². The summed E-state index contributed by atoms with van der Waals surface area (Å²) in [6.45, 7) is 13.9. The van der Waals surface area contributed by atoms with Gasteiger partial charge in [0.15, 0.2) is 0 Å². The van der Waals surface area contributed by atoms with Gasteiger partial charge in [-0.05, 0) is 47.3 Å². The van der Waals surface area contributed by atoms with Crippen LogP contribution in [0.3, 0.4) is 0 Å². The molecule has 0 bridgehead atoms. The Morgan fingerprint density at radius 1 is 1.40 bits per heavy atom. The Morgan fingerprint density at radius 3 is 2.20 bits per heavy atom. The third-order valence-electron chi connectivity index (χ3n) is 3.49. The summed E-state index contributed by atoms with van der Waals surface area (Å²) in [5.74, 6) is 0. The molecule has 0 aliphatic heterocycles. The number of nitrogens with one attached hydrogen (secondary N) is 1. The van der Waals surface area contributed by atoms with E-state index in [0.29, 0.717) is 6.04 Å². The zero-order valence-electron chi connectivity index (χ0n) is 11.4. The summed E-state index contributed by atoms with van der Waals surface area (Å²) in [4.78, 5) is 2.32. The molecule has 0 aromatic carbocycles. The molecule has 0 saturated heterocycles. The first kappa shape index (κ1) is 14.7. The summed E-state index contributed by atoms with van der Waals surface area (Å²) in [7, 11) is 4.32. The first-order valence-corrected chi connectivity index (χ1v) is 5.93. The van der Waals surface area contributed by atoms with Gasteiger partial charge in [-0.1, -0.05) is 19.4 Å². The van der Waals surface area contributed by atoms with Crippen LogP contribution < -0.4 is 5.32 Å². The predicted molar refractivity (Wildman–Crippen MR) is 69.3 cm³/mol. The van der Waals surface area contributed by atoms with E-state index < -0.39 is 0 Å². The third-order valence-corrected chi connectivity index (χ3v) is 3.49. The highest BCUT2D eigenvalue weighted by Gasteiger charge is 2.33. The molecule has 0 aliphatic rings. The van der Waals surface area contributed by atoms with Crippen molar-refractivity contribution in [2.75, 3.05) is 20.6 Å². The molecule has 0 aromatic rings. The van der Waals surface area contributed by atoms with E-state index in [1.54, 1.807) is 0 Å². The topological polar surface area (TPSA) is 15.3 Å². The van der Waals surface area contributed by atoms with Gasteiger partial charge in [-0.15, -0.1) is 6.58 Å². The summed E-state index contributed by atoms with van der Waals surface area (Å²) in [6.07, 6.45) is 2.20. The second-order valence-corrected chi connectivity index (χ2v) is 4.88. The minimum Gasteiger partial charge on any atom is -0.312 e. The fourth-order valence-corrected chi connectivity index (χ4v) is 1.98. The molecule has 0 saturated carbocycles. The van der Waals surface area contributed by atoms with Crippen LogP contribution in [-0.4, -0.2) is 37.1 Å². The molecule has 2 unspecified atom stereocenters. The van der Waals surface area contributed by atoms with E-state index in [2.05, 4.69) is 58.6 Å². The van der Waals surface area contributed by atoms with Crippen LogP contribution in [0.15, 0.2) is 12.2 Å². The lowest BCUT2D eigenvalue weighted by Gasteiger charge is -2.43. The average molecular weight is 212 g/mol. The first-order chi connectivity index (χ1) is 6.88. The molecule has 2 nitrogen and oxygen atoms in total. The molecule has 0 aromatic heterocycles.